The molecule has 3 aromatic rings. The number of piperazine rings is 1. The number of halogens is 2. The molecule has 136 valence electrons. The van der Waals surface area contributed by atoms with Crippen LogP contribution in [-0.4, -0.2) is 36.1 Å². The van der Waals surface area contributed by atoms with E-state index in [1.165, 1.54) is 12.1 Å². The molecule has 4 rings (SSSR count). The zero-order valence-corrected chi connectivity index (χ0v) is 16.4. The Hall–Kier alpha value is -2.72. The number of nitrogens with zero attached hydrogens (tertiary/aromatic N) is 5. The molecule has 0 aliphatic carbocycles. The standard InChI is InChI=1S/C20H17BrFN5/c1-13-8-16(22)9-17-19(13)25-11-14(10-23)20(17)27-6-4-26(5-7-27)18-3-2-15(21)12-24-18/h2-3,8-9,11-12H,4-7H2,1H3. The number of pyridine rings is 2. The molecule has 1 fully saturated rings. The van der Waals surface area contributed by atoms with Gasteiger partial charge in [-0.15, -0.1) is 0 Å². The zero-order valence-electron chi connectivity index (χ0n) is 14.8. The molecule has 5 nitrogen and oxygen atoms in total. The van der Waals surface area contributed by atoms with Gasteiger partial charge in [-0.2, -0.15) is 5.26 Å². The van der Waals surface area contributed by atoms with Crippen LogP contribution in [0.25, 0.3) is 10.9 Å². The van der Waals surface area contributed by atoms with Crippen LogP contribution in [0.2, 0.25) is 0 Å². The summed E-state index contributed by atoms with van der Waals surface area (Å²) in [5, 5.41) is 10.3. The summed E-state index contributed by atoms with van der Waals surface area (Å²) >= 11 is 3.40. The van der Waals surface area contributed by atoms with Crippen molar-refractivity contribution in [2.24, 2.45) is 0 Å². The first-order valence-corrected chi connectivity index (χ1v) is 9.46. The van der Waals surface area contributed by atoms with Gasteiger partial charge in [0.1, 0.15) is 17.7 Å². The molecule has 0 N–H and O–H groups in total. The van der Waals surface area contributed by atoms with Gasteiger partial charge in [-0.1, -0.05) is 0 Å². The molecular formula is C20H17BrFN5. The van der Waals surface area contributed by atoms with Crippen LogP contribution >= 0.6 is 15.9 Å². The fraction of sp³-hybridized carbons (Fsp3) is 0.250. The number of anilines is 2. The lowest BCUT2D eigenvalue weighted by Gasteiger charge is -2.37. The summed E-state index contributed by atoms with van der Waals surface area (Å²) < 4.78 is 15.0. The minimum absolute atomic E-state index is 0.309. The zero-order chi connectivity index (χ0) is 19.0. The number of rotatable bonds is 2. The van der Waals surface area contributed by atoms with Crippen molar-refractivity contribution in [2.75, 3.05) is 36.0 Å². The van der Waals surface area contributed by atoms with Crippen LogP contribution in [0.1, 0.15) is 11.1 Å². The Morgan fingerprint density at radius 3 is 2.48 bits per heavy atom. The third-order valence-corrected chi connectivity index (χ3v) is 5.32. The molecule has 0 radical (unpaired) electrons. The Bertz CT molecular complexity index is 1040. The third kappa shape index (κ3) is 3.33. The Morgan fingerprint density at radius 1 is 1.07 bits per heavy atom. The SMILES string of the molecule is Cc1cc(F)cc2c(N3CCN(c4ccc(Br)cn4)CC3)c(C#N)cnc12. The van der Waals surface area contributed by atoms with Gasteiger partial charge in [-0.25, -0.2) is 9.37 Å². The highest BCUT2D eigenvalue weighted by Crippen LogP contribution is 2.32. The number of hydrogen-bond donors (Lipinski definition) is 0. The summed E-state index contributed by atoms with van der Waals surface area (Å²) in [6, 6.07) is 9.13. The van der Waals surface area contributed by atoms with Crippen molar-refractivity contribution in [3.8, 4) is 6.07 Å². The highest BCUT2D eigenvalue weighted by atomic mass is 79.9. The van der Waals surface area contributed by atoms with Gasteiger partial charge in [0.15, 0.2) is 0 Å². The Kier molecular flexibility index (Phi) is 4.66. The molecule has 0 unspecified atom stereocenters. The molecule has 0 spiro atoms. The van der Waals surface area contributed by atoms with Crippen molar-refractivity contribution in [3.05, 3.63) is 58.1 Å². The molecule has 0 saturated carbocycles. The second kappa shape index (κ2) is 7.12. The van der Waals surface area contributed by atoms with Crippen LogP contribution in [0.3, 0.4) is 0 Å². The summed E-state index contributed by atoms with van der Waals surface area (Å²) in [6.45, 7) is 4.84. The van der Waals surface area contributed by atoms with E-state index < -0.39 is 0 Å². The Balaban J connectivity index is 1.67. The molecular weight excluding hydrogens is 409 g/mol. The van der Waals surface area contributed by atoms with E-state index in [0.717, 1.165) is 53.2 Å². The van der Waals surface area contributed by atoms with E-state index >= 15 is 0 Å². The van der Waals surface area contributed by atoms with E-state index in [2.05, 4.69) is 41.8 Å². The average molecular weight is 426 g/mol. The molecule has 0 bridgehead atoms. The van der Waals surface area contributed by atoms with Gasteiger partial charge < -0.3 is 9.80 Å². The van der Waals surface area contributed by atoms with Gasteiger partial charge >= 0.3 is 0 Å². The van der Waals surface area contributed by atoms with Crippen molar-refractivity contribution in [1.29, 1.82) is 5.26 Å². The molecule has 27 heavy (non-hydrogen) atoms. The van der Waals surface area contributed by atoms with Crippen LogP contribution in [0, 0.1) is 24.1 Å². The fourth-order valence-electron chi connectivity index (χ4n) is 3.56. The lowest BCUT2D eigenvalue weighted by atomic mass is 10.0. The van der Waals surface area contributed by atoms with Gasteiger partial charge in [0.2, 0.25) is 0 Å². The largest absolute Gasteiger partial charge is 0.366 e. The average Bonchev–Trinajstić information content (AvgIpc) is 2.68. The molecule has 1 aliphatic heterocycles. The van der Waals surface area contributed by atoms with E-state index in [1.807, 2.05) is 19.1 Å². The van der Waals surface area contributed by atoms with Crippen molar-refractivity contribution in [3.63, 3.8) is 0 Å². The van der Waals surface area contributed by atoms with Crippen LogP contribution < -0.4 is 9.80 Å². The number of nitriles is 1. The molecule has 7 heteroatoms. The number of benzene rings is 1. The number of fused-ring (bicyclic) bond motifs is 1. The first-order chi connectivity index (χ1) is 13.1. The topological polar surface area (TPSA) is 56.0 Å². The first-order valence-electron chi connectivity index (χ1n) is 8.67. The van der Waals surface area contributed by atoms with Gasteiger partial charge in [-0.3, -0.25) is 4.98 Å². The van der Waals surface area contributed by atoms with E-state index in [4.69, 9.17) is 0 Å². The van der Waals surface area contributed by atoms with Gasteiger partial charge in [0.25, 0.3) is 0 Å². The van der Waals surface area contributed by atoms with E-state index in [1.54, 1.807) is 12.4 Å². The summed E-state index contributed by atoms with van der Waals surface area (Å²) in [4.78, 5) is 13.2. The van der Waals surface area contributed by atoms with Crippen molar-refractivity contribution in [2.45, 2.75) is 6.92 Å². The maximum atomic E-state index is 14.0. The van der Waals surface area contributed by atoms with Crippen LogP contribution in [0.4, 0.5) is 15.9 Å². The molecule has 1 aliphatic rings. The smallest absolute Gasteiger partial charge is 0.128 e. The highest BCUT2D eigenvalue weighted by Gasteiger charge is 2.23. The van der Waals surface area contributed by atoms with E-state index in [9.17, 15) is 9.65 Å². The summed E-state index contributed by atoms with van der Waals surface area (Å²) in [5.41, 5.74) is 2.76. The van der Waals surface area contributed by atoms with E-state index in [-0.39, 0.29) is 5.82 Å². The quantitative estimate of drug-likeness (QED) is 0.619. The van der Waals surface area contributed by atoms with Crippen LogP contribution in [0.5, 0.6) is 0 Å². The lowest BCUT2D eigenvalue weighted by molar-refractivity contribution is 0.627. The maximum Gasteiger partial charge on any atom is 0.128 e. The second-order valence-corrected chi connectivity index (χ2v) is 7.48. The summed E-state index contributed by atoms with van der Waals surface area (Å²) in [7, 11) is 0. The molecule has 1 saturated heterocycles. The minimum Gasteiger partial charge on any atom is -0.366 e. The summed E-state index contributed by atoms with van der Waals surface area (Å²) in [6.07, 6.45) is 3.38. The maximum absolute atomic E-state index is 14.0. The molecule has 0 atom stereocenters. The number of aromatic nitrogens is 2. The fourth-order valence-corrected chi connectivity index (χ4v) is 3.79. The van der Waals surface area contributed by atoms with Gasteiger partial charge in [0.05, 0.1) is 16.8 Å². The first kappa shape index (κ1) is 17.7. The van der Waals surface area contributed by atoms with E-state index in [0.29, 0.717) is 10.9 Å². The van der Waals surface area contributed by atoms with Crippen molar-refractivity contribution >= 4 is 38.3 Å². The van der Waals surface area contributed by atoms with Crippen molar-refractivity contribution in [1.82, 2.24) is 9.97 Å². The van der Waals surface area contributed by atoms with Crippen molar-refractivity contribution < 1.29 is 4.39 Å². The molecule has 2 aromatic heterocycles. The van der Waals surface area contributed by atoms with Crippen LogP contribution in [-0.2, 0) is 0 Å². The predicted octanol–water partition coefficient (Wildman–Crippen LogP) is 4.04. The van der Waals surface area contributed by atoms with Crippen LogP contribution in [0.15, 0.2) is 41.1 Å². The normalized spacial score (nSPS) is 14.4. The lowest BCUT2D eigenvalue weighted by Crippen LogP contribution is -2.47. The highest BCUT2D eigenvalue weighted by molar-refractivity contribution is 9.10. The molecule has 3 heterocycles. The monoisotopic (exact) mass is 425 g/mol. The predicted molar refractivity (Wildman–Crippen MR) is 108 cm³/mol. The molecule has 0 amide bonds. The minimum atomic E-state index is -0.309. The number of hydrogen-bond acceptors (Lipinski definition) is 5. The van der Waals surface area contributed by atoms with Gasteiger partial charge in [-0.05, 0) is 52.7 Å². The number of aryl methyl sites for hydroxylation is 1. The third-order valence-electron chi connectivity index (χ3n) is 4.85. The Labute approximate surface area is 165 Å². The second-order valence-electron chi connectivity index (χ2n) is 6.56. The Morgan fingerprint density at radius 2 is 1.81 bits per heavy atom. The molecule has 1 aromatic carbocycles. The summed E-state index contributed by atoms with van der Waals surface area (Å²) in [5.74, 6) is 0.621. The van der Waals surface area contributed by atoms with Gasteiger partial charge in [0, 0.05) is 48.4 Å².